The summed E-state index contributed by atoms with van der Waals surface area (Å²) in [6.07, 6.45) is 1.52. The Balaban J connectivity index is 2.28. The monoisotopic (exact) mass is 379 g/mol. The molecule has 0 spiro atoms. The molecule has 26 heavy (non-hydrogen) atoms. The third kappa shape index (κ3) is 4.72. The van der Waals surface area contributed by atoms with Crippen LogP contribution in [0.25, 0.3) is 0 Å². The molecule has 1 N–H and O–H groups in total. The number of nitrogens with zero attached hydrogens (tertiary/aromatic N) is 2. The Bertz CT molecular complexity index is 815. The molecule has 1 amide bonds. The quantitative estimate of drug-likeness (QED) is 0.762. The van der Waals surface area contributed by atoms with Gasteiger partial charge in [-0.25, -0.2) is 0 Å². The lowest BCUT2D eigenvalue weighted by Gasteiger charge is -2.29. The van der Waals surface area contributed by atoms with Gasteiger partial charge in [-0.1, -0.05) is 12.1 Å². The smallest absolute Gasteiger partial charge is 0.282 e. The lowest BCUT2D eigenvalue weighted by atomic mass is 10.1. The summed E-state index contributed by atoms with van der Waals surface area (Å²) in [6.45, 7) is 3.94. The first-order valence-corrected chi connectivity index (χ1v) is 9.72. The van der Waals surface area contributed by atoms with Crippen molar-refractivity contribution in [2.24, 2.45) is 0 Å². The van der Waals surface area contributed by atoms with Crippen molar-refractivity contribution in [2.45, 2.75) is 33.0 Å². The molecule has 142 valence electrons. The Labute approximate surface area is 154 Å². The van der Waals surface area contributed by atoms with Crippen LogP contribution in [0.5, 0.6) is 0 Å². The first-order valence-electron chi connectivity index (χ1n) is 8.32. The normalized spacial score (nSPS) is 12.1. The minimum atomic E-state index is -3.68. The van der Waals surface area contributed by atoms with Crippen LogP contribution in [0.3, 0.4) is 0 Å². The molecule has 1 aromatic heterocycles. The molecule has 0 saturated heterocycles. The topological polar surface area (TPSA) is 82.9 Å². The maximum Gasteiger partial charge on any atom is 0.282 e. The highest BCUT2D eigenvalue weighted by Gasteiger charge is 2.29. The summed E-state index contributed by atoms with van der Waals surface area (Å²) in [6, 6.07) is 10.2. The van der Waals surface area contributed by atoms with Gasteiger partial charge in [0, 0.05) is 32.2 Å². The second kappa shape index (κ2) is 8.48. The Hall–Kier alpha value is -2.16. The van der Waals surface area contributed by atoms with Crippen molar-refractivity contribution in [3.63, 3.8) is 0 Å². The summed E-state index contributed by atoms with van der Waals surface area (Å²) in [4.78, 5) is 11.6. The van der Waals surface area contributed by atoms with E-state index in [1.165, 1.54) is 14.9 Å². The minimum absolute atomic E-state index is 0.129. The second-order valence-electron chi connectivity index (χ2n) is 6.24. The van der Waals surface area contributed by atoms with E-state index < -0.39 is 10.2 Å². The molecule has 0 atom stereocenters. The van der Waals surface area contributed by atoms with Crippen molar-refractivity contribution in [3.05, 3.63) is 59.5 Å². The van der Waals surface area contributed by atoms with Gasteiger partial charge in [0.1, 0.15) is 5.76 Å². The number of carbonyl (C=O) groups excluding carboxylic acids is 1. The van der Waals surface area contributed by atoms with E-state index in [0.29, 0.717) is 11.3 Å². The number of amides is 1. The zero-order valence-corrected chi connectivity index (χ0v) is 16.3. The number of carbonyl (C=O) groups is 1. The van der Waals surface area contributed by atoms with Gasteiger partial charge >= 0.3 is 0 Å². The number of rotatable bonds is 8. The zero-order chi connectivity index (χ0) is 19.3. The van der Waals surface area contributed by atoms with E-state index in [-0.39, 0.29) is 25.0 Å². The van der Waals surface area contributed by atoms with Crippen molar-refractivity contribution in [1.29, 1.82) is 0 Å². The summed E-state index contributed by atoms with van der Waals surface area (Å²) in [5, 5.41) is 2.56. The van der Waals surface area contributed by atoms with Crippen molar-refractivity contribution in [1.82, 2.24) is 13.9 Å². The van der Waals surface area contributed by atoms with Gasteiger partial charge in [-0.05, 0) is 43.7 Å². The van der Waals surface area contributed by atoms with Crippen LogP contribution < -0.4 is 5.32 Å². The Morgan fingerprint density at radius 3 is 2.31 bits per heavy atom. The van der Waals surface area contributed by atoms with Gasteiger partial charge in [-0.15, -0.1) is 0 Å². The van der Waals surface area contributed by atoms with Crippen LogP contribution in [0.2, 0.25) is 0 Å². The summed E-state index contributed by atoms with van der Waals surface area (Å²) >= 11 is 0. The van der Waals surface area contributed by atoms with E-state index in [1.54, 1.807) is 50.5 Å². The standard InChI is InChI=1S/C18H25N3O4S/c1-14(2)20(4)26(23,24)21(13-17-6-5-11-25-17)12-15-7-9-16(10-8-15)18(22)19-3/h5-11,14H,12-13H2,1-4H3,(H,19,22). The SMILES string of the molecule is CNC(=O)c1ccc(CN(Cc2ccco2)S(=O)(=O)N(C)C(C)C)cc1. The molecule has 0 aliphatic carbocycles. The lowest BCUT2D eigenvalue weighted by Crippen LogP contribution is -2.44. The number of nitrogens with one attached hydrogen (secondary N) is 1. The highest BCUT2D eigenvalue weighted by molar-refractivity contribution is 7.86. The van der Waals surface area contributed by atoms with E-state index in [1.807, 2.05) is 13.8 Å². The third-order valence-corrected chi connectivity index (χ3v) is 6.19. The molecule has 0 radical (unpaired) electrons. The van der Waals surface area contributed by atoms with Gasteiger partial charge in [0.2, 0.25) is 0 Å². The summed E-state index contributed by atoms with van der Waals surface area (Å²) in [5.41, 5.74) is 1.31. The van der Waals surface area contributed by atoms with Crippen molar-refractivity contribution >= 4 is 16.1 Å². The van der Waals surface area contributed by atoms with E-state index in [2.05, 4.69) is 5.32 Å². The van der Waals surface area contributed by atoms with Crippen LogP contribution in [0.4, 0.5) is 0 Å². The molecule has 7 nitrogen and oxygen atoms in total. The minimum Gasteiger partial charge on any atom is -0.468 e. The van der Waals surface area contributed by atoms with Gasteiger partial charge in [0.25, 0.3) is 16.1 Å². The zero-order valence-electron chi connectivity index (χ0n) is 15.5. The predicted molar refractivity (Wildman–Crippen MR) is 99.6 cm³/mol. The molecule has 2 aromatic rings. The molecule has 2 rings (SSSR count). The van der Waals surface area contributed by atoms with Gasteiger partial charge in [0.15, 0.2) is 0 Å². The first-order chi connectivity index (χ1) is 12.3. The lowest BCUT2D eigenvalue weighted by molar-refractivity contribution is 0.0963. The molecular formula is C18H25N3O4S. The Morgan fingerprint density at radius 1 is 1.15 bits per heavy atom. The largest absolute Gasteiger partial charge is 0.468 e. The van der Waals surface area contributed by atoms with Gasteiger partial charge < -0.3 is 9.73 Å². The van der Waals surface area contributed by atoms with Gasteiger partial charge in [0.05, 0.1) is 12.8 Å². The molecule has 0 bridgehead atoms. The molecule has 0 saturated carbocycles. The maximum absolute atomic E-state index is 13.0. The number of benzene rings is 1. The average Bonchev–Trinajstić information content (AvgIpc) is 3.13. The van der Waals surface area contributed by atoms with E-state index in [4.69, 9.17) is 4.42 Å². The van der Waals surface area contributed by atoms with Crippen LogP contribution >= 0.6 is 0 Å². The number of hydrogen-bond donors (Lipinski definition) is 1. The first kappa shape index (κ1) is 20.2. The summed E-state index contributed by atoms with van der Waals surface area (Å²) in [5.74, 6) is 0.379. The fraction of sp³-hybridized carbons (Fsp3) is 0.389. The van der Waals surface area contributed by atoms with Crippen molar-refractivity contribution in [2.75, 3.05) is 14.1 Å². The summed E-state index contributed by atoms with van der Waals surface area (Å²) < 4.78 is 34.0. The van der Waals surface area contributed by atoms with Crippen molar-refractivity contribution < 1.29 is 17.6 Å². The molecule has 0 aliphatic rings. The highest BCUT2D eigenvalue weighted by atomic mass is 32.2. The van der Waals surface area contributed by atoms with Crippen molar-refractivity contribution in [3.8, 4) is 0 Å². The van der Waals surface area contributed by atoms with Crippen LogP contribution in [0, 0.1) is 0 Å². The molecule has 0 fully saturated rings. The van der Waals surface area contributed by atoms with E-state index in [9.17, 15) is 13.2 Å². The number of hydrogen-bond acceptors (Lipinski definition) is 4. The van der Waals surface area contributed by atoms with Crippen LogP contribution in [0.15, 0.2) is 47.1 Å². The average molecular weight is 379 g/mol. The van der Waals surface area contributed by atoms with Gasteiger partial charge in [-0.3, -0.25) is 4.79 Å². The Kier molecular flexibility index (Phi) is 6.57. The highest BCUT2D eigenvalue weighted by Crippen LogP contribution is 2.19. The fourth-order valence-corrected chi connectivity index (χ4v) is 3.85. The number of furan rings is 1. The predicted octanol–water partition coefficient (Wildman–Crippen LogP) is 2.23. The fourth-order valence-electron chi connectivity index (χ4n) is 2.35. The molecule has 0 unspecified atom stereocenters. The molecule has 0 aliphatic heterocycles. The molecule has 1 aromatic carbocycles. The third-order valence-electron chi connectivity index (χ3n) is 4.13. The van der Waals surface area contributed by atoms with E-state index >= 15 is 0 Å². The van der Waals surface area contributed by atoms with E-state index in [0.717, 1.165) is 5.56 Å². The van der Waals surface area contributed by atoms with Crippen LogP contribution in [0.1, 0.15) is 35.5 Å². The molecule has 8 heteroatoms. The second-order valence-corrected chi connectivity index (χ2v) is 8.23. The van der Waals surface area contributed by atoms with Crippen LogP contribution in [-0.4, -0.2) is 43.1 Å². The molecule has 1 heterocycles. The maximum atomic E-state index is 13.0. The Morgan fingerprint density at radius 2 is 1.81 bits per heavy atom. The molecular weight excluding hydrogens is 354 g/mol. The van der Waals surface area contributed by atoms with Crippen LogP contribution in [-0.2, 0) is 23.3 Å². The summed E-state index contributed by atoms with van der Waals surface area (Å²) in [7, 11) is -0.554. The van der Waals surface area contributed by atoms with Gasteiger partial charge in [-0.2, -0.15) is 17.0 Å².